The molecule has 0 aromatic carbocycles. The summed E-state index contributed by atoms with van der Waals surface area (Å²) in [5.41, 5.74) is 0. The summed E-state index contributed by atoms with van der Waals surface area (Å²) in [5.74, 6) is -0.919. The molecule has 0 aliphatic carbocycles. The van der Waals surface area contributed by atoms with Crippen molar-refractivity contribution in [1.29, 1.82) is 0 Å². The van der Waals surface area contributed by atoms with Crippen LogP contribution in [0, 0.1) is 0 Å². The average molecular weight is 771 g/mol. The van der Waals surface area contributed by atoms with Crippen LogP contribution < -0.4 is 0 Å². The van der Waals surface area contributed by atoms with Gasteiger partial charge in [0.25, 0.3) is 0 Å². The van der Waals surface area contributed by atoms with Gasteiger partial charge in [-0.2, -0.15) is 0 Å². The molecule has 0 aromatic heterocycles. The van der Waals surface area contributed by atoms with Crippen LogP contribution in [-0.2, 0) is 28.6 Å². The number of ether oxygens (including phenoxy) is 3. The Morgan fingerprint density at radius 2 is 0.691 bits per heavy atom. The number of unbranched alkanes of at least 4 members (excludes halogenated alkanes) is 22. The first-order valence-corrected chi connectivity index (χ1v) is 23.1. The molecule has 0 aromatic rings. The minimum absolute atomic E-state index is 0.0854. The van der Waals surface area contributed by atoms with Crippen molar-refractivity contribution >= 4 is 17.9 Å². The zero-order chi connectivity index (χ0) is 40.1. The van der Waals surface area contributed by atoms with Crippen LogP contribution in [0.1, 0.15) is 226 Å². The fourth-order valence-corrected chi connectivity index (χ4v) is 6.23. The predicted octanol–water partition coefficient (Wildman–Crippen LogP) is 14.8. The summed E-state index contributed by atoms with van der Waals surface area (Å²) in [6.07, 6.45) is 50.8. The van der Waals surface area contributed by atoms with Crippen LogP contribution in [0.3, 0.4) is 0 Å². The molecule has 0 saturated heterocycles. The van der Waals surface area contributed by atoms with Gasteiger partial charge in [-0.05, 0) is 96.3 Å². The second kappa shape index (κ2) is 44.1. The summed E-state index contributed by atoms with van der Waals surface area (Å²) in [7, 11) is 0. The van der Waals surface area contributed by atoms with Crippen molar-refractivity contribution < 1.29 is 28.6 Å². The van der Waals surface area contributed by atoms with Crippen LogP contribution in [-0.4, -0.2) is 37.2 Å². The van der Waals surface area contributed by atoms with E-state index >= 15 is 0 Å². The molecule has 55 heavy (non-hydrogen) atoms. The van der Waals surface area contributed by atoms with Crippen LogP contribution >= 0.6 is 0 Å². The van der Waals surface area contributed by atoms with E-state index < -0.39 is 6.10 Å². The van der Waals surface area contributed by atoms with Crippen molar-refractivity contribution in [3.05, 3.63) is 48.6 Å². The topological polar surface area (TPSA) is 78.9 Å². The summed E-state index contributed by atoms with van der Waals surface area (Å²) in [6.45, 7) is 6.49. The maximum absolute atomic E-state index is 12.7. The number of esters is 3. The first kappa shape index (κ1) is 52.4. The predicted molar refractivity (Wildman–Crippen MR) is 233 cm³/mol. The zero-order valence-corrected chi connectivity index (χ0v) is 36.2. The van der Waals surface area contributed by atoms with E-state index in [2.05, 4.69) is 69.4 Å². The van der Waals surface area contributed by atoms with Gasteiger partial charge in [0.15, 0.2) is 6.10 Å². The molecular formula is C49H86O6. The molecule has 1 unspecified atom stereocenters. The third kappa shape index (κ3) is 42.4. The van der Waals surface area contributed by atoms with Crippen molar-refractivity contribution in [3.63, 3.8) is 0 Å². The van der Waals surface area contributed by atoms with E-state index in [-0.39, 0.29) is 31.1 Å². The maximum atomic E-state index is 12.7. The average Bonchev–Trinajstić information content (AvgIpc) is 3.18. The van der Waals surface area contributed by atoms with Crippen molar-refractivity contribution in [1.82, 2.24) is 0 Å². The Balaban J connectivity index is 4.42. The number of hydrogen-bond acceptors (Lipinski definition) is 6. The number of allylic oxidation sites excluding steroid dienone is 8. The summed E-state index contributed by atoms with van der Waals surface area (Å²) in [4.78, 5) is 37.7. The molecule has 0 amide bonds. The standard InChI is InChI=1S/C49H86O6/c1-4-7-10-13-16-19-22-25-28-30-33-36-39-42-48(51)54-45-46(55-49(52)43-40-37-34-31-27-24-21-18-15-12-9-6-3)44-53-47(50)41-38-35-32-29-26-23-20-17-14-11-8-5-2/h10,13,17-22,46H,4-9,11-12,14-16,23-45H2,1-3H3/b13-10-,20-17-,21-18-,22-19-. The molecule has 0 aliphatic heterocycles. The third-order valence-electron chi connectivity index (χ3n) is 9.76. The Kier molecular flexibility index (Phi) is 42.0. The minimum atomic E-state index is -0.783. The Morgan fingerprint density at radius 3 is 1.09 bits per heavy atom. The van der Waals surface area contributed by atoms with Crippen LogP contribution in [0.25, 0.3) is 0 Å². The summed E-state index contributed by atoms with van der Waals surface area (Å²) < 4.78 is 16.7. The Bertz CT molecular complexity index is 980. The SMILES string of the molecule is CCC/C=C\C/C=C\CCCCCCCC(=O)OCC(COC(=O)CCCCCCC/C=C\CCCCC)OC(=O)CCCCCCC/C=C\CCCCC. The van der Waals surface area contributed by atoms with Gasteiger partial charge in [-0.25, -0.2) is 0 Å². The van der Waals surface area contributed by atoms with Crippen LogP contribution in [0.4, 0.5) is 0 Å². The van der Waals surface area contributed by atoms with E-state index in [0.717, 1.165) is 103 Å². The number of hydrogen-bond donors (Lipinski definition) is 0. The molecule has 0 bridgehead atoms. The fraction of sp³-hybridized carbons (Fsp3) is 0.776. The largest absolute Gasteiger partial charge is 0.462 e. The van der Waals surface area contributed by atoms with Gasteiger partial charge in [-0.15, -0.1) is 0 Å². The molecule has 0 heterocycles. The van der Waals surface area contributed by atoms with Gasteiger partial charge in [0.1, 0.15) is 13.2 Å². The zero-order valence-electron chi connectivity index (χ0n) is 36.2. The van der Waals surface area contributed by atoms with Gasteiger partial charge in [0, 0.05) is 19.3 Å². The van der Waals surface area contributed by atoms with E-state index in [9.17, 15) is 14.4 Å². The van der Waals surface area contributed by atoms with Crippen LogP contribution in [0.5, 0.6) is 0 Å². The minimum Gasteiger partial charge on any atom is -0.462 e. The van der Waals surface area contributed by atoms with Gasteiger partial charge in [0.05, 0.1) is 0 Å². The molecule has 0 spiro atoms. The normalized spacial score (nSPS) is 12.4. The summed E-state index contributed by atoms with van der Waals surface area (Å²) in [5, 5.41) is 0. The van der Waals surface area contributed by atoms with Gasteiger partial charge in [-0.1, -0.05) is 159 Å². The lowest BCUT2D eigenvalue weighted by atomic mass is 10.1. The maximum Gasteiger partial charge on any atom is 0.306 e. The second-order valence-corrected chi connectivity index (χ2v) is 15.3. The molecule has 0 rings (SSSR count). The van der Waals surface area contributed by atoms with Crippen LogP contribution in [0.2, 0.25) is 0 Å². The number of carbonyl (C=O) groups excluding carboxylic acids is 3. The van der Waals surface area contributed by atoms with E-state index in [1.807, 2.05) is 0 Å². The van der Waals surface area contributed by atoms with Gasteiger partial charge >= 0.3 is 17.9 Å². The molecule has 0 radical (unpaired) electrons. The first-order valence-electron chi connectivity index (χ1n) is 23.1. The molecule has 6 nitrogen and oxygen atoms in total. The highest BCUT2D eigenvalue weighted by molar-refractivity contribution is 5.71. The highest BCUT2D eigenvalue weighted by Crippen LogP contribution is 2.13. The first-order chi connectivity index (χ1) is 27.0. The Labute approximate surface area is 339 Å². The van der Waals surface area contributed by atoms with E-state index in [1.165, 1.54) is 83.5 Å². The molecule has 6 heteroatoms. The monoisotopic (exact) mass is 771 g/mol. The molecule has 0 fully saturated rings. The van der Waals surface area contributed by atoms with Crippen molar-refractivity contribution in [3.8, 4) is 0 Å². The van der Waals surface area contributed by atoms with E-state index in [0.29, 0.717) is 19.3 Å². The molecule has 0 aliphatic rings. The van der Waals surface area contributed by atoms with E-state index in [1.54, 1.807) is 0 Å². The lowest BCUT2D eigenvalue weighted by Crippen LogP contribution is -2.30. The highest BCUT2D eigenvalue weighted by atomic mass is 16.6. The van der Waals surface area contributed by atoms with Gasteiger partial charge in [0.2, 0.25) is 0 Å². The quantitative estimate of drug-likeness (QED) is 0.0267. The lowest BCUT2D eigenvalue weighted by molar-refractivity contribution is -0.167. The third-order valence-corrected chi connectivity index (χ3v) is 9.76. The number of rotatable bonds is 41. The summed E-state index contributed by atoms with van der Waals surface area (Å²) in [6, 6.07) is 0. The van der Waals surface area contributed by atoms with Crippen LogP contribution in [0.15, 0.2) is 48.6 Å². The smallest absolute Gasteiger partial charge is 0.306 e. The number of carbonyl (C=O) groups is 3. The fourth-order valence-electron chi connectivity index (χ4n) is 6.23. The van der Waals surface area contributed by atoms with Gasteiger partial charge in [-0.3, -0.25) is 14.4 Å². The summed E-state index contributed by atoms with van der Waals surface area (Å²) >= 11 is 0. The molecule has 318 valence electrons. The van der Waals surface area contributed by atoms with E-state index in [4.69, 9.17) is 14.2 Å². The van der Waals surface area contributed by atoms with Gasteiger partial charge < -0.3 is 14.2 Å². The van der Waals surface area contributed by atoms with Crippen molar-refractivity contribution in [2.75, 3.05) is 13.2 Å². The molecule has 0 saturated carbocycles. The molecular weight excluding hydrogens is 685 g/mol. The van der Waals surface area contributed by atoms with Crippen molar-refractivity contribution in [2.24, 2.45) is 0 Å². The Hall–Kier alpha value is -2.63. The van der Waals surface area contributed by atoms with Crippen molar-refractivity contribution in [2.45, 2.75) is 232 Å². The highest BCUT2D eigenvalue weighted by Gasteiger charge is 2.19. The Morgan fingerprint density at radius 1 is 0.364 bits per heavy atom. The lowest BCUT2D eigenvalue weighted by Gasteiger charge is -2.18. The molecule has 1 atom stereocenters. The second-order valence-electron chi connectivity index (χ2n) is 15.3. The molecule has 0 N–H and O–H groups in total.